The fourth-order valence-corrected chi connectivity index (χ4v) is 6.44. The van der Waals surface area contributed by atoms with Gasteiger partial charge in [-0.05, 0) is 65.5 Å². The van der Waals surface area contributed by atoms with E-state index in [4.69, 9.17) is 11.6 Å². The van der Waals surface area contributed by atoms with Crippen LogP contribution in [0.3, 0.4) is 0 Å². The van der Waals surface area contributed by atoms with Crippen LogP contribution in [0.1, 0.15) is 13.3 Å². The normalized spacial score (nSPS) is 12.3. The minimum absolute atomic E-state index is 0.0286. The van der Waals surface area contributed by atoms with E-state index in [1.54, 1.807) is 30.3 Å². The van der Waals surface area contributed by atoms with Crippen LogP contribution in [0.15, 0.2) is 91.6 Å². The van der Waals surface area contributed by atoms with Gasteiger partial charge in [0, 0.05) is 23.2 Å². The average Bonchev–Trinajstić information content (AvgIpc) is 3.02. The summed E-state index contributed by atoms with van der Waals surface area (Å²) in [6, 6.07) is 14.1. The molecule has 5 aromatic rings. The van der Waals surface area contributed by atoms with Crippen molar-refractivity contribution < 1.29 is 48.8 Å². The van der Waals surface area contributed by atoms with Crippen LogP contribution in [0, 0.1) is 0 Å². The second kappa shape index (κ2) is 14.1. The number of halogens is 1. The molecule has 0 fully saturated rings. The molecule has 0 saturated heterocycles. The van der Waals surface area contributed by atoms with E-state index in [1.807, 2.05) is 0 Å². The summed E-state index contributed by atoms with van der Waals surface area (Å²) in [5.74, 6) is -1.86. The predicted octanol–water partition coefficient (Wildman–Crippen LogP) is 5.38. The Kier molecular flexibility index (Phi) is 10.2. The van der Waals surface area contributed by atoms with Crippen LogP contribution in [0.25, 0.3) is 10.8 Å². The maximum atomic E-state index is 12.4. The molecule has 0 aliphatic heterocycles. The molecular weight excluding hydrogens is 756 g/mol. The summed E-state index contributed by atoms with van der Waals surface area (Å²) in [5.41, 5.74) is -1.38. The van der Waals surface area contributed by atoms with E-state index in [0.29, 0.717) is 11.8 Å². The molecule has 5 rings (SSSR count). The minimum Gasteiger partial charge on any atom is -0.505 e. The van der Waals surface area contributed by atoms with Gasteiger partial charge < -0.3 is 21.1 Å². The smallest absolute Gasteiger partial charge is 0.296 e. The fraction of sp³-hybridized carbons (Fsp3) is 0.0714. The molecule has 1 aromatic heterocycles. The number of aromatic hydroxyl groups is 1. The van der Waals surface area contributed by atoms with E-state index in [2.05, 4.69) is 41.1 Å². The summed E-state index contributed by atoms with van der Waals surface area (Å²) in [7, 11) is -15.2. The SMILES string of the molecule is CCC(=O)Nc1cc(S(=O)(=O)O)cc2cc(S(=O)(=O)O)c(N=Nc3cc(Nc4nc(Cl)nc(Nc5ccccc5)n4)ccc3S(=O)(=O)O)c(O)c12. The second-order valence-electron chi connectivity index (χ2n) is 10.2. The van der Waals surface area contributed by atoms with Gasteiger partial charge in [0.05, 0.1) is 10.6 Å². The Hall–Kier alpha value is -5.36. The van der Waals surface area contributed by atoms with Crippen molar-refractivity contribution in [2.75, 3.05) is 16.0 Å². The standard InChI is InChI=1S/C28H23ClN8O11S3/c1-2-22(38)32-19-13-17(49(40,41)42)10-14-11-21(51(46,47)48)24(25(39)23(14)19)37-36-18-12-16(8-9-20(18)50(43,44)45)31-28-34-26(29)33-27(35-28)30-15-6-4-3-5-7-15/h3-13,39H,2H2,1H3,(H,32,38)(H,40,41,42)(H,43,44,45)(H,46,47,48)(H2,30,31,33,34,35). The fourth-order valence-electron chi connectivity index (χ4n) is 4.48. The number of hydrogen-bond acceptors (Lipinski definition) is 15. The van der Waals surface area contributed by atoms with Gasteiger partial charge >= 0.3 is 0 Å². The summed E-state index contributed by atoms with van der Waals surface area (Å²) in [5, 5.41) is 25.6. The zero-order chi connectivity index (χ0) is 37.3. The molecule has 23 heteroatoms. The number of aromatic nitrogens is 3. The lowest BCUT2D eigenvalue weighted by molar-refractivity contribution is -0.115. The van der Waals surface area contributed by atoms with Crippen LogP contribution < -0.4 is 16.0 Å². The lowest BCUT2D eigenvalue weighted by Crippen LogP contribution is -2.11. The third-order valence-electron chi connectivity index (χ3n) is 6.68. The molecule has 0 bridgehead atoms. The van der Waals surface area contributed by atoms with E-state index < -0.39 is 84.5 Å². The number of azo groups is 1. The molecule has 7 N–H and O–H groups in total. The number of amides is 1. The van der Waals surface area contributed by atoms with Crippen molar-refractivity contribution in [1.29, 1.82) is 0 Å². The van der Waals surface area contributed by atoms with E-state index in [-0.39, 0.29) is 29.3 Å². The van der Waals surface area contributed by atoms with Crippen molar-refractivity contribution in [1.82, 2.24) is 15.0 Å². The first kappa shape index (κ1) is 36.9. The zero-order valence-corrected chi connectivity index (χ0v) is 28.7. The maximum Gasteiger partial charge on any atom is 0.296 e. The Morgan fingerprint density at radius 2 is 1.39 bits per heavy atom. The Labute approximate surface area is 293 Å². The quantitative estimate of drug-likeness (QED) is 0.0654. The molecule has 51 heavy (non-hydrogen) atoms. The van der Waals surface area contributed by atoms with Crippen molar-refractivity contribution in [2.24, 2.45) is 10.2 Å². The number of nitrogens with one attached hydrogen (secondary N) is 3. The summed E-state index contributed by atoms with van der Waals surface area (Å²) in [6.07, 6.45) is -0.127. The monoisotopic (exact) mass is 778 g/mol. The number of rotatable bonds is 11. The molecule has 0 saturated carbocycles. The Balaban J connectivity index is 1.64. The molecule has 4 aromatic carbocycles. The molecule has 0 atom stereocenters. The van der Waals surface area contributed by atoms with Gasteiger partial charge in [-0.1, -0.05) is 25.1 Å². The number of benzene rings is 4. The average molecular weight is 779 g/mol. The van der Waals surface area contributed by atoms with Gasteiger partial charge in [0.1, 0.15) is 21.2 Å². The third kappa shape index (κ3) is 8.69. The number of nitrogens with zero attached hydrogens (tertiary/aromatic N) is 5. The number of carbonyl (C=O) groups is 1. The van der Waals surface area contributed by atoms with E-state index in [1.165, 1.54) is 13.0 Å². The second-order valence-corrected chi connectivity index (χ2v) is 14.8. The van der Waals surface area contributed by atoms with Gasteiger partial charge in [-0.2, -0.15) is 40.2 Å². The van der Waals surface area contributed by atoms with Gasteiger partial charge in [0.25, 0.3) is 30.4 Å². The number of phenolic OH excluding ortho intramolecular Hbond substituents is 1. The van der Waals surface area contributed by atoms with Crippen LogP contribution in [0.5, 0.6) is 5.75 Å². The molecular formula is C28H23ClN8O11S3. The number of phenols is 1. The highest BCUT2D eigenvalue weighted by molar-refractivity contribution is 7.86. The van der Waals surface area contributed by atoms with Crippen LogP contribution in [-0.4, -0.2) is 64.9 Å². The Morgan fingerprint density at radius 1 is 0.765 bits per heavy atom. The zero-order valence-electron chi connectivity index (χ0n) is 25.5. The molecule has 0 spiro atoms. The van der Waals surface area contributed by atoms with Crippen molar-refractivity contribution in [2.45, 2.75) is 28.0 Å². The van der Waals surface area contributed by atoms with E-state index >= 15 is 0 Å². The number of hydrogen-bond donors (Lipinski definition) is 7. The van der Waals surface area contributed by atoms with E-state index in [9.17, 15) is 48.8 Å². The molecule has 19 nitrogen and oxygen atoms in total. The molecule has 0 aliphatic rings. The number of para-hydroxylation sites is 1. The van der Waals surface area contributed by atoms with Crippen LogP contribution in [-0.2, 0) is 35.1 Å². The molecule has 0 radical (unpaired) electrons. The first-order chi connectivity index (χ1) is 23.8. The lowest BCUT2D eigenvalue weighted by atomic mass is 10.1. The number of carbonyl (C=O) groups excluding carboxylic acids is 1. The predicted molar refractivity (Wildman–Crippen MR) is 182 cm³/mol. The van der Waals surface area contributed by atoms with Gasteiger partial charge in [-0.25, -0.2) is 0 Å². The number of anilines is 5. The van der Waals surface area contributed by atoms with Crippen molar-refractivity contribution in [3.63, 3.8) is 0 Å². The highest BCUT2D eigenvalue weighted by Crippen LogP contribution is 2.45. The summed E-state index contributed by atoms with van der Waals surface area (Å²) in [6.45, 7) is 1.45. The lowest BCUT2D eigenvalue weighted by Gasteiger charge is -2.14. The van der Waals surface area contributed by atoms with Gasteiger partial charge in [-0.3, -0.25) is 18.5 Å². The number of fused-ring (bicyclic) bond motifs is 1. The molecule has 1 amide bonds. The van der Waals surface area contributed by atoms with Gasteiger partial charge in [0.15, 0.2) is 5.75 Å². The first-order valence-electron chi connectivity index (χ1n) is 14.0. The summed E-state index contributed by atoms with van der Waals surface area (Å²) >= 11 is 6.06. The van der Waals surface area contributed by atoms with Crippen molar-refractivity contribution in [3.8, 4) is 5.75 Å². The molecule has 0 aliphatic carbocycles. The van der Waals surface area contributed by atoms with Crippen molar-refractivity contribution >= 4 is 99.0 Å². The summed E-state index contributed by atoms with van der Waals surface area (Å²) in [4.78, 5) is 21.6. The topological polar surface area (TPSA) is 300 Å². The van der Waals surface area contributed by atoms with Crippen LogP contribution in [0.4, 0.5) is 40.3 Å². The summed E-state index contributed by atoms with van der Waals surface area (Å²) < 4.78 is 103. The van der Waals surface area contributed by atoms with Crippen LogP contribution >= 0.6 is 11.6 Å². The molecule has 1 heterocycles. The Morgan fingerprint density at radius 3 is 1.98 bits per heavy atom. The highest BCUT2D eigenvalue weighted by Gasteiger charge is 2.26. The maximum absolute atomic E-state index is 12.4. The molecule has 0 unspecified atom stereocenters. The Bertz CT molecular complexity index is 2570. The molecule has 266 valence electrons. The van der Waals surface area contributed by atoms with E-state index in [0.717, 1.165) is 24.3 Å². The minimum atomic E-state index is -5.29. The first-order valence-corrected chi connectivity index (χ1v) is 18.7. The van der Waals surface area contributed by atoms with Gasteiger partial charge in [0.2, 0.25) is 23.1 Å². The highest BCUT2D eigenvalue weighted by atomic mass is 35.5. The third-order valence-corrected chi connectivity index (χ3v) is 9.45. The van der Waals surface area contributed by atoms with Crippen molar-refractivity contribution in [3.05, 3.63) is 72.0 Å². The van der Waals surface area contributed by atoms with Crippen LogP contribution in [0.2, 0.25) is 5.28 Å². The van der Waals surface area contributed by atoms with Gasteiger partial charge in [-0.15, -0.1) is 10.2 Å². The largest absolute Gasteiger partial charge is 0.505 e.